The normalized spacial score (nSPS) is 17.9. The van der Waals surface area contributed by atoms with Crippen LogP contribution >= 0.6 is 15.9 Å². The Morgan fingerprint density at radius 2 is 2.16 bits per heavy atom. The van der Waals surface area contributed by atoms with Crippen molar-refractivity contribution in [2.75, 3.05) is 26.2 Å². The largest absolute Gasteiger partial charge is 0.506 e. The monoisotopic (exact) mass is 323 g/mol. The van der Waals surface area contributed by atoms with Crippen LogP contribution in [-0.2, 0) is 0 Å². The van der Waals surface area contributed by atoms with Crippen molar-refractivity contribution < 1.29 is 5.11 Å². The summed E-state index contributed by atoms with van der Waals surface area (Å²) in [6.45, 7) is 5.98. The average molecular weight is 324 g/mol. The van der Waals surface area contributed by atoms with Crippen molar-refractivity contribution in [3.8, 4) is 11.8 Å². The fraction of sp³-hybridized carbons (Fsp3) is 0.500. The Morgan fingerprint density at radius 1 is 1.47 bits per heavy atom. The number of hydrogen-bond donors (Lipinski definition) is 2. The SMILES string of the molecule is CC[C@H](c1cc(C#N)cc(Br)c1O)N1CCNCC1. The molecule has 1 aliphatic heterocycles. The predicted molar refractivity (Wildman–Crippen MR) is 78.0 cm³/mol. The zero-order chi connectivity index (χ0) is 13.8. The number of phenolic OH excluding ortho intramolecular Hbond substituents is 1. The van der Waals surface area contributed by atoms with Crippen LogP contribution in [0.25, 0.3) is 0 Å². The number of piperazine rings is 1. The average Bonchev–Trinajstić information content (AvgIpc) is 2.45. The smallest absolute Gasteiger partial charge is 0.134 e. The first-order valence-electron chi connectivity index (χ1n) is 6.54. The van der Waals surface area contributed by atoms with Crippen LogP contribution in [-0.4, -0.2) is 36.2 Å². The van der Waals surface area contributed by atoms with Gasteiger partial charge in [0.2, 0.25) is 0 Å². The van der Waals surface area contributed by atoms with Crippen molar-refractivity contribution in [2.24, 2.45) is 0 Å². The number of phenols is 1. The van der Waals surface area contributed by atoms with E-state index in [0.29, 0.717) is 10.0 Å². The van der Waals surface area contributed by atoms with Gasteiger partial charge in [0.25, 0.3) is 0 Å². The minimum absolute atomic E-state index is 0.159. The van der Waals surface area contributed by atoms with Crippen molar-refractivity contribution in [1.29, 1.82) is 5.26 Å². The third-order valence-corrected chi connectivity index (χ3v) is 4.16. The van der Waals surface area contributed by atoms with Crippen LogP contribution in [0.3, 0.4) is 0 Å². The Labute approximate surface area is 122 Å². The van der Waals surface area contributed by atoms with E-state index in [1.165, 1.54) is 0 Å². The summed E-state index contributed by atoms with van der Waals surface area (Å²) in [5, 5.41) is 22.6. The van der Waals surface area contributed by atoms with Crippen LogP contribution in [0.5, 0.6) is 5.75 Å². The maximum Gasteiger partial charge on any atom is 0.134 e. The Morgan fingerprint density at radius 3 is 2.74 bits per heavy atom. The standard InChI is InChI=1S/C14H18BrN3O/c1-2-13(18-5-3-17-4-6-18)11-7-10(9-16)8-12(15)14(11)19/h7-8,13,17,19H,2-6H2,1H3/t13-/m1/s1. The van der Waals surface area contributed by atoms with Gasteiger partial charge in [-0.05, 0) is 34.5 Å². The van der Waals surface area contributed by atoms with Gasteiger partial charge in [-0.1, -0.05) is 6.92 Å². The molecule has 0 spiro atoms. The number of halogens is 1. The van der Waals surface area contributed by atoms with E-state index in [-0.39, 0.29) is 11.8 Å². The molecule has 2 rings (SSSR count). The summed E-state index contributed by atoms with van der Waals surface area (Å²) in [6.07, 6.45) is 0.912. The fourth-order valence-corrected chi connectivity index (χ4v) is 3.08. The summed E-state index contributed by atoms with van der Waals surface area (Å²) >= 11 is 3.33. The van der Waals surface area contributed by atoms with E-state index in [1.54, 1.807) is 12.1 Å². The van der Waals surface area contributed by atoms with Crippen LogP contribution in [0.15, 0.2) is 16.6 Å². The number of nitrogens with zero attached hydrogens (tertiary/aromatic N) is 2. The molecule has 5 heteroatoms. The molecule has 1 fully saturated rings. The van der Waals surface area contributed by atoms with Gasteiger partial charge in [0.15, 0.2) is 0 Å². The lowest BCUT2D eigenvalue weighted by atomic mass is 9.99. The summed E-state index contributed by atoms with van der Waals surface area (Å²) in [7, 11) is 0. The maximum absolute atomic E-state index is 10.3. The molecule has 19 heavy (non-hydrogen) atoms. The third kappa shape index (κ3) is 3.08. The van der Waals surface area contributed by atoms with Gasteiger partial charge in [0.1, 0.15) is 5.75 Å². The highest BCUT2D eigenvalue weighted by atomic mass is 79.9. The van der Waals surface area contributed by atoms with Crippen LogP contribution in [0.1, 0.15) is 30.5 Å². The van der Waals surface area contributed by atoms with E-state index in [9.17, 15) is 5.11 Å². The number of hydrogen-bond acceptors (Lipinski definition) is 4. The molecule has 4 nitrogen and oxygen atoms in total. The molecule has 0 radical (unpaired) electrons. The topological polar surface area (TPSA) is 59.3 Å². The zero-order valence-electron chi connectivity index (χ0n) is 11.0. The molecule has 0 amide bonds. The Balaban J connectivity index is 2.37. The van der Waals surface area contributed by atoms with Crippen molar-refractivity contribution in [3.63, 3.8) is 0 Å². The van der Waals surface area contributed by atoms with Crippen molar-refractivity contribution >= 4 is 15.9 Å². The molecule has 0 unspecified atom stereocenters. The number of aromatic hydroxyl groups is 1. The molecule has 1 aliphatic rings. The van der Waals surface area contributed by atoms with E-state index in [2.05, 4.69) is 39.1 Å². The van der Waals surface area contributed by atoms with Gasteiger partial charge in [-0.3, -0.25) is 4.90 Å². The molecule has 1 aromatic rings. The van der Waals surface area contributed by atoms with Gasteiger partial charge < -0.3 is 10.4 Å². The van der Waals surface area contributed by atoms with Gasteiger partial charge >= 0.3 is 0 Å². The molecular weight excluding hydrogens is 306 g/mol. The van der Waals surface area contributed by atoms with E-state index in [4.69, 9.17) is 5.26 Å². The second-order valence-electron chi connectivity index (χ2n) is 4.72. The first-order valence-corrected chi connectivity index (χ1v) is 7.34. The predicted octanol–water partition coefficient (Wildman–Crippen LogP) is 2.38. The number of nitriles is 1. The van der Waals surface area contributed by atoms with Gasteiger partial charge in [0.05, 0.1) is 16.1 Å². The van der Waals surface area contributed by atoms with E-state index in [0.717, 1.165) is 38.2 Å². The maximum atomic E-state index is 10.3. The molecule has 102 valence electrons. The quantitative estimate of drug-likeness (QED) is 0.896. The number of rotatable bonds is 3. The summed E-state index contributed by atoms with van der Waals surface area (Å²) in [6, 6.07) is 5.76. The Hall–Kier alpha value is -1.09. The van der Waals surface area contributed by atoms with Crippen LogP contribution in [0.2, 0.25) is 0 Å². The van der Waals surface area contributed by atoms with E-state index in [1.807, 2.05) is 0 Å². The molecule has 2 N–H and O–H groups in total. The summed E-state index contributed by atoms with van der Waals surface area (Å²) in [5.74, 6) is 0.254. The minimum Gasteiger partial charge on any atom is -0.506 e. The van der Waals surface area contributed by atoms with Crippen LogP contribution in [0, 0.1) is 11.3 Å². The minimum atomic E-state index is 0.159. The molecule has 1 atom stereocenters. The summed E-state index contributed by atoms with van der Waals surface area (Å²) in [4.78, 5) is 2.36. The second kappa shape index (κ2) is 6.38. The van der Waals surface area contributed by atoms with Gasteiger partial charge in [-0.2, -0.15) is 5.26 Å². The molecule has 1 saturated heterocycles. The molecular formula is C14H18BrN3O. The second-order valence-corrected chi connectivity index (χ2v) is 5.57. The van der Waals surface area contributed by atoms with Crippen LogP contribution in [0.4, 0.5) is 0 Å². The lowest BCUT2D eigenvalue weighted by molar-refractivity contribution is 0.166. The van der Waals surface area contributed by atoms with Crippen LogP contribution < -0.4 is 5.32 Å². The Bertz CT molecular complexity index is 492. The summed E-state index contributed by atoms with van der Waals surface area (Å²) in [5.41, 5.74) is 1.42. The molecule has 1 aromatic carbocycles. The van der Waals surface area contributed by atoms with Crippen molar-refractivity contribution in [2.45, 2.75) is 19.4 Å². The van der Waals surface area contributed by atoms with Crippen molar-refractivity contribution in [1.82, 2.24) is 10.2 Å². The number of benzene rings is 1. The molecule has 1 heterocycles. The van der Waals surface area contributed by atoms with E-state index >= 15 is 0 Å². The van der Waals surface area contributed by atoms with Gasteiger partial charge in [0, 0.05) is 37.8 Å². The fourth-order valence-electron chi connectivity index (χ4n) is 2.61. The number of nitrogens with one attached hydrogen (secondary N) is 1. The molecule has 0 bridgehead atoms. The first-order chi connectivity index (χ1) is 9.17. The zero-order valence-corrected chi connectivity index (χ0v) is 12.6. The van der Waals surface area contributed by atoms with Gasteiger partial charge in [-0.25, -0.2) is 0 Å². The summed E-state index contributed by atoms with van der Waals surface area (Å²) < 4.78 is 0.593. The highest BCUT2D eigenvalue weighted by Gasteiger charge is 2.24. The molecule has 0 saturated carbocycles. The van der Waals surface area contributed by atoms with Crippen molar-refractivity contribution in [3.05, 3.63) is 27.7 Å². The highest BCUT2D eigenvalue weighted by molar-refractivity contribution is 9.10. The Kier molecular flexibility index (Phi) is 4.81. The van der Waals surface area contributed by atoms with E-state index < -0.39 is 0 Å². The lowest BCUT2D eigenvalue weighted by Gasteiger charge is -2.35. The van der Waals surface area contributed by atoms with Gasteiger partial charge in [-0.15, -0.1) is 0 Å². The molecule has 0 aliphatic carbocycles. The third-order valence-electron chi connectivity index (χ3n) is 3.56. The lowest BCUT2D eigenvalue weighted by Crippen LogP contribution is -2.45. The first kappa shape index (κ1) is 14.3. The highest BCUT2D eigenvalue weighted by Crippen LogP contribution is 2.37. The molecule has 0 aromatic heterocycles.